The molecule has 128 valence electrons. The second-order valence-corrected chi connectivity index (χ2v) is 6.33. The summed E-state index contributed by atoms with van der Waals surface area (Å²) in [5, 5.41) is 0. The number of carbonyl (C=O) groups is 1. The average molecular weight is 393 g/mol. The number of rotatable bonds is 7. The molecule has 0 unspecified atom stereocenters. The van der Waals surface area contributed by atoms with Gasteiger partial charge in [-0.1, -0.05) is 6.07 Å². The molecule has 2 aromatic rings. The number of methoxy groups -OCH3 is 2. The van der Waals surface area contributed by atoms with E-state index in [1.807, 2.05) is 18.2 Å². The molecule has 0 aliphatic heterocycles. The molecule has 5 nitrogen and oxygen atoms in total. The van der Waals surface area contributed by atoms with Crippen molar-refractivity contribution in [2.24, 2.45) is 0 Å². The van der Waals surface area contributed by atoms with Crippen LogP contribution >= 0.6 is 15.9 Å². The number of benzene rings is 1. The summed E-state index contributed by atoms with van der Waals surface area (Å²) in [6.07, 6.45) is 4.96. The normalized spacial score (nSPS) is 10.3. The standard InChI is InChI=1S/C18H21BrN2O3/c1-21(18(22)14-10-15(19)12-20-11-14)8-4-5-13-6-7-16(23-2)17(9-13)24-3/h6-7,9-12H,4-5,8H2,1-3H3. The molecule has 0 atom stereocenters. The van der Waals surface area contributed by atoms with Gasteiger partial charge in [0.15, 0.2) is 11.5 Å². The predicted molar refractivity (Wildman–Crippen MR) is 96.8 cm³/mol. The second-order valence-electron chi connectivity index (χ2n) is 5.41. The third-order valence-electron chi connectivity index (χ3n) is 3.71. The zero-order valence-electron chi connectivity index (χ0n) is 14.1. The third-order valence-corrected chi connectivity index (χ3v) is 4.14. The summed E-state index contributed by atoms with van der Waals surface area (Å²) in [7, 11) is 5.05. The van der Waals surface area contributed by atoms with Gasteiger partial charge in [-0.25, -0.2) is 0 Å². The van der Waals surface area contributed by atoms with E-state index in [1.165, 1.54) is 0 Å². The van der Waals surface area contributed by atoms with Crippen molar-refractivity contribution >= 4 is 21.8 Å². The fourth-order valence-corrected chi connectivity index (χ4v) is 2.77. The number of hydrogen-bond donors (Lipinski definition) is 0. The highest BCUT2D eigenvalue weighted by molar-refractivity contribution is 9.10. The van der Waals surface area contributed by atoms with Crippen LogP contribution in [0.3, 0.4) is 0 Å². The molecule has 1 aromatic carbocycles. The highest BCUT2D eigenvalue weighted by atomic mass is 79.9. The average Bonchev–Trinajstić information content (AvgIpc) is 2.60. The van der Waals surface area contributed by atoms with Gasteiger partial charge in [-0.3, -0.25) is 9.78 Å². The summed E-state index contributed by atoms with van der Waals surface area (Å²) in [4.78, 5) is 18.1. The van der Waals surface area contributed by atoms with Gasteiger partial charge in [0, 0.05) is 30.5 Å². The number of hydrogen-bond acceptors (Lipinski definition) is 4. The monoisotopic (exact) mass is 392 g/mol. The Bertz CT molecular complexity index is 706. The van der Waals surface area contributed by atoms with Gasteiger partial charge in [-0.2, -0.15) is 0 Å². The lowest BCUT2D eigenvalue weighted by molar-refractivity contribution is 0.0793. The fourth-order valence-electron chi connectivity index (χ4n) is 2.41. The second kappa shape index (κ2) is 8.68. The molecule has 0 radical (unpaired) electrons. The predicted octanol–water partition coefficient (Wildman–Crippen LogP) is 3.57. The summed E-state index contributed by atoms with van der Waals surface area (Å²) >= 11 is 3.33. The van der Waals surface area contributed by atoms with Gasteiger partial charge in [0.1, 0.15) is 0 Å². The van der Waals surface area contributed by atoms with Crippen LogP contribution < -0.4 is 9.47 Å². The Morgan fingerprint density at radius 3 is 2.58 bits per heavy atom. The molecular weight excluding hydrogens is 372 g/mol. The molecule has 0 aliphatic rings. The van der Waals surface area contributed by atoms with E-state index in [-0.39, 0.29) is 5.91 Å². The zero-order valence-corrected chi connectivity index (χ0v) is 15.7. The number of amides is 1. The van der Waals surface area contributed by atoms with Gasteiger partial charge < -0.3 is 14.4 Å². The molecule has 0 N–H and O–H groups in total. The van der Waals surface area contributed by atoms with Gasteiger partial charge >= 0.3 is 0 Å². The lowest BCUT2D eigenvalue weighted by Crippen LogP contribution is -2.28. The van der Waals surface area contributed by atoms with E-state index < -0.39 is 0 Å². The van der Waals surface area contributed by atoms with Crippen LogP contribution in [0.5, 0.6) is 11.5 Å². The number of carbonyl (C=O) groups excluding carboxylic acids is 1. The van der Waals surface area contributed by atoms with Crippen LogP contribution in [0.2, 0.25) is 0 Å². The quantitative estimate of drug-likeness (QED) is 0.722. The minimum Gasteiger partial charge on any atom is -0.493 e. The zero-order chi connectivity index (χ0) is 17.5. The Labute approximate surface area is 150 Å². The maximum absolute atomic E-state index is 12.4. The summed E-state index contributed by atoms with van der Waals surface area (Å²) in [6, 6.07) is 7.66. The van der Waals surface area contributed by atoms with E-state index in [9.17, 15) is 4.79 Å². The number of halogens is 1. The smallest absolute Gasteiger partial charge is 0.255 e. The molecule has 0 aliphatic carbocycles. The summed E-state index contributed by atoms with van der Waals surface area (Å²) in [5.74, 6) is 1.41. The number of aromatic nitrogens is 1. The van der Waals surface area contributed by atoms with Crippen molar-refractivity contribution in [3.8, 4) is 11.5 Å². The minimum atomic E-state index is -0.0314. The first-order chi connectivity index (χ1) is 11.5. The van der Waals surface area contributed by atoms with Gasteiger partial charge in [0.05, 0.1) is 19.8 Å². The van der Waals surface area contributed by atoms with Gasteiger partial charge in [-0.15, -0.1) is 0 Å². The molecule has 0 saturated heterocycles. The van der Waals surface area contributed by atoms with E-state index in [0.29, 0.717) is 12.1 Å². The lowest BCUT2D eigenvalue weighted by Gasteiger charge is -2.17. The molecule has 0 saturated carbocycles. The molecule has 1 amide bonds. The van der Waals surface area contributed by atoms with E-state index in [1.54, 1.807) is 44.6 Å². The van der Waals surface area contributed by atoms with Crippen LogP contribution in [-0.4, -0.2) is 43.6 Å². The van der Waals surface area contributed by atoms with E-state index in [2.05, 4.69) is 20.9 Å². The first-order valence-corrected chi connectivity index (χ1v) is 8.41. The molecule has 1 aromatic heterocycles. The summed E-state index contributed by atoms with van der Waals surface area (Å²) in [6.45, 7) is 0.666. The molecule has 1 heterocycles. The van der Waals surface area contributed by atoms with Gasteiger partial charge in [0.25, 0.3) is 5.91 Å². The van der Waals surface area contributed by atoms with Crippen LogP contribution in [0.4, 0.5) is 0 Å². The molecule has 6 heteroatoms. The van der Waals surface area contributed by atoms with Gasteiger partial charge in [0.2, 0.25) is 0 Å². The molecule has 24 heavy (non-hydrogen) atoms. The van der Waals surface area contributed by atoms with Crippen molar-refractivity contribution in [3.05, 3.63) is 52.3 Å². The Morgan fingerprint density at radius 2 is 1.92 bits per heavy atom. The van der Waals surface area contributed by atoms with E-state index in [0.717, 1.165) is 34.4 Å². The largest absolute Gasteiger partial charge is 0.493 e. The molecule has 0 bridgehead atoms. The Kier molecular flexibility index (Phi) is 6.61. The summed E-state index contributed by atoms with van der Waals surface area (Å²) in [5.41, 5.74) is 1.73. The van der Waals surface area contributed by atoms with Crippen LogP contribution in [0.15, 0.2) is 41.1 Å². The van der Waals surface area contributed by atoms with Crippen molar-refractivity contribution in [2.45, 2.75) is 12.8 Å². The maximum Gasteiger partial charge on any atom is 0.255 e. The van der Waals surface area contributed by atoms with Crippen LogP contribution in [0.1, 0.15) is 22.3 Å². The van der Waals surface area contributed by atoms with Crippen LogP contribution in [0, 0.1) is 0 Å². The summed E-state index contributed by atoms with van der Waals surface area (Å²) < 4.78 is 11.3. The van der Waals surface area contributed by atoms with Crippen LogP contribution in [-0.2, 0) is 6.42 Å². The number of nitrogens with zero attached hydrogens (tertiary/aromatic N) is 2. The topological polar surface area (TPSA) is 51.7 Å². The van der Waals surface area contributed by atoms with Gasteiger partial charge in [-0.05, 0) is 52.5 Å². The highest BCUT2D eigenvalue weighted by Crippen LogP contribution is 2.28. The van der Waals surface area contributed by atoms with Crippen molar-refractivity contribution in [3.63, 3.8) is 0 Å². The van der Waals surface area contributed by atoms with Crippen molar-refractivity contribution in [2.75, 3.05) is 27.8 Å². The fraction of sp³-hybridized carbons (Fsp3) is 0.333. The first-order valence-electron chi connectivity index (χ1n) is 7.62. The molecule has 0 spiro atoms. The Morgan fingerprint density at radius 1 is 1.17 bits per heavy atom. The third kappa shape index (κ3) is 4.71. The van der Waals surface area contributed by atoms with Crippen LogP contribution in [0.25, 0.3) is 0 Å². The minimum absolute atomic E-state index is 0.0314. The molecule has 0 fully saturated rings. The first kappa shape index (κ1) is 18.3. The number of pyridine rings is 1. The Hall–Kier alpha value is -2.08. The van der Waals surface area contributed by atoms with Crippen molar-refractivity contribution in [1.29, 1.82) is 0 Å². The van der Waals surface area contributed by atoms with E-state index in [4.69, 9.17) is 9.47 Å². The number of ether oxygens (including phenoxy) is 2. The van der Waals surface area contributed by atoms with E-state index >= 15 is 0 Å². The highest BCUT2D eigenvalue weighted by Gasteiger charge is 2.12. The lowest BCUT2D eigenvalue weighted by atomic mass is 10.1. The maximum atomic E-state index is 12.4. The van der Waals surface area contributed by atoms with Crippen molar-refractivity contribution in [1.82, 2.24) is 9.88 Å². The van der Waals surface area contributed by atoms with Crippen molar-refractivity contribution < 1.29 is 14.3 Å². The molecule has 2 rings (SSSR count). The Balaban J connectivity index is 1.90. The number of aryl methyl sites for hydroxylation is 1. The molecular formula is C18H21BrN2O3. The SMILES string of the molecule is COc1ccc(CCCN(C)C(=O)c2cncc(Br)c2)cc1OC.